The average molecular weight is 473 g/mol. The zero-order valence-electron chi connectivity index (χ0n) is 19.0. The number of carbonyl (C=O) groups excluding carboxylic acids is 1. The standard InChI is InChI=1S/C27H28N4O2S/c32-26(30-17-21-12-16-31(18-21)15-11-20-7-2-1-3-8-20)25-23(19-34-27-28-13-6-14-29-27)22-9-4-5-10-24(22)33-25/h1-10,13-14,21H,11-12,15-19H2,(H,30,32). The highest BCUT2D eigenvalue weighted by atomic mass is 32.2. The number of likely N-dealkylation sites (tertiary alicyclic amines) is 1. The van der Waals surface area contributed by atoms with E-state index in [1.807, 2.05) is 24.3 Å². The van der Waals surface area contributed by atoms with E-state index in [1.165, 1.54) is 17.3 Å². The van der Waals surface area contributed by atoms with E-state index >= 15 is 0 Å². The van der Waals surface area contributed by atoms with Crippen molar-refractivity contribution in [3.8, 4) is 0 Å². The van der Waals surface area contributed by atoms with E-state index in [0.717, 1.165) is 49.0 Å². The molecule has 7 heteroatoms. The lowest BCUT2D eigenvalue weighted by molar-refractivity contribution is 0.0921. The van der Waals surface area contributed by atoms with Crippen LogP contribution in [0.3, 0.4) is 0 Å². The summed E-state index contributed by atoms with van der Waals surface area (Å²) in [5.41, 5.74) is 2.99. The number of furan rings is 1. The number of para-hydroxylation sites is 1. The molecule has 1 N–H and O–H groups in total. The molecule has 174 valence electrons. The maximum absolute atomic E-state index is 13.1. The Morgan fingerprint density at radius 3 is 2.71 bits per heavy atom. The van der Waals surface area contributed by atoms with Crippen LogP contribution in [0.5, 0.6) is 0 Å². The van der Waals surface area contributed by atoms with Crippen LogP contribution in [0.25, 0.3) is 11.0 Å². The Bertz CT molecular complexity index is 1230. The van der Waals surface area contributed by atoms with E-state index in [-0.39, 0.29) is 5.91 Å². The molecule has 4 aromatic rings. The molecule has 2 aromatic carbocycles. The lowest BCUT2D eigenvalue weighted by Gasteiger charge is -2.16. The van der Waals surface area contributed by atoms with Gasteiger partial charge in [0.15, 0.2) is 10.9 Å². The van der Waals surface area contributed by atoms with Crippen molar-refractivity contribution in [2.24, 2.45) is 5.92 Å². The second-order valence-corrected chi connectivity index (χ2v) is 9.57. The molecule has 6 nitrogen and oxygen atoms in total. The van der Waals surface area contributed by atoms with E-state index in [4.69, 9.17) is 4.42 Å². The molecule has 5 rings (SSSR count). The molecule has 1 amide bonds. The van der Waals surface area contributed by atoms with Crippen molar-refractivity contribution in [1.82, 2.24) is 20.2 Å². The number of thioether (sulfide) groups is 1. The number of hydrogen-bond donors (Lipinski definition) is 1. The van der Waals surface area contributed by atoms with Gasteiger partial charge in [0, 0.05) is 48.7 Å². The number of nitrogens with zero attached hydrogens (tertiary/aromatic N) is 3. The van der Waals surface area contributed by atoms with E-state index in [0.29, 0.717) is 29.1 Å². The highest BCUT2D eigenvalue weighted by Crippen LogP contribution is 2.31. The normalized spacial score (nSPS) is 16.2. The molecule has 0 aliphatic carbocycles. The van der Waals surface area contributed by atoms with Crippen LogP contribution in [0.4, 0.5) is 0 Å². The molecule has 1 atom stereocenters. The number of hydrogen-bond acceptors (Lipinski definition) is 6. The molecule has 1 fully saturated rings. The first kappa shape index (κ1) is 22.6. The fourth-order valence-electron chi connectivity index (χ4n) is 4.45. The Morgan fingerprint density at radius 2 is 1.85 bits per heavy atom. The van der Waals surface area contributed by atoms with Crippen LogP contribution in [0, 0.1) is 5.92 Å². The first-order chi connectivity index (χ1) is 16.8. The smallest absolute Gasteiger partial charge is 0.287 e. The Morgan fingerprint density at radius 1 is 1.06 bits per heavy atom. The third kappa shape index (κ3) is 5.48. The number of rotatable bonds is 9. The van der Waals surface area contributed by atoms with Gasteiger partial charge in [-0.2, -0.15) is 0 Å². The zero-order chi connectivity index (χ0) is 23.2. The van der Waals surface area contributed by atoms with Gasteiger partial charge < -0.3 is 14.6 Å². The minimum Gasteiger partial charge on any atom is -0.451 e. The molecule has 1 saturated heterocycles. The molecule has 0 saturated carbocycles. The zero-order valence-corrected chi connectivity index (χ0v) is 19.8. The second-order valence-electron chi connectivity index (χ2n) is 8.63. The Kier molecular flexibility index (Phi) is 7.22. The number of fused-ring (bicyclic) bond motifs is 1. The van der Waals surface area contributed by atoms with E-state index < -0.39 is 0 Å². The Balaban J connectivity index is 1.19. The Hall–Kier alpha value is -3.16. The number of amides is 1. The van der Waals surface area contributed by atoms with Crippen molar-refractivity contribution in [2.45, 2.75) is 23.8 Å². The van der Waals surface area contributed by atoms with Crippen molar-refractivity contribution in [1.29, 1.82) is 0 Å². The molecule has 0 spiro atoms. The summed E-state index contributed by atoms with van der Waals surface area (Å²) in [7, 11) is 0. The first-order valence-corrected chi connectivity index (χ1v) is 12.7. The van der Waals surface area contributed by atoms with Gasteiger partial charge in [0.1, 0.15) is 5.58 Å². The van der Waals surface area contributed by atoms with Crippen molar-refractivity contribution in [3.05, 3.63) is 89.9 Å². The fraction of sp³-hybridized carbons (Fsp3) is 0.296. The van der Waals surface area contributed by atoms with E-state index in [1.54, 1.807) is 18.5 Å². The van der Waals surface area contributed by atoms with Crippen molar-refractivity contribution >= 4 is 28.6 Å². The van der Waals surface area contributed by atoms with Gasteiger partial charge in [-0.15, -0.1) is 0 Å². The highest BCUT2D eigenvalue weighted by molar-refractivity contribution is 7.98. The summed E-state index contributed by atoms with van der Waals surface area (Å²) in [4.78, 5) is 24.2. The van der Waals surface area contributed by atoms with Gasteiger partial charge in [-0.3, -0.25) is 4.79 Å². The molecular weight excluding hydrogens is 444 g/mol. The lowest BCUT2D eigenvalue weighted by Crippen LogP contribution is -2.31. The van der Waals surface area contributed by atoms with Gasteiger partial charge >= 0.3 is 0 Å². The van der Waals surface area contributed by atoms with Crippen LogP contribution in [0.1, 0.15) is 28.1 Å². The molecule has 1 aliphatic rings. The minimum atomic E-state index is -0.150. The van der Waals surface area contributed by atoms with Crippen molar-refractivity contribution in [2.75, 3.05) is 26.2 Å². The number of benzene rings is 2. The van der Waals surface area contributed by atoms with Gasteiger partial charge in [0.2, 0.25) is 0 Å². The summed E-state index contributed by atoms with van der Waals surface area (Å²) in [6, 6.07) is 20.2. The van der Waals surface area contributed by atoms with Gasteiger partial charge in [-0.25, -0.2) is 9.97 Å². The van der Waals surface area contributed by atoms with Crippen molar-refractivity contribution in [3.63, 3.8) is 0 Å². The maximum atomic E-state index is 13.1. The predicted molar refractivity (Wildman–Crippen MR) is 135 cm³/mol. The lowest BCUT2D eigenvalue weighted by atomic mass is 10.1. The van der Waals surface area contributed by atoms with Gasteiger partial charge in [-0.05, 0) is 43.0 Å². The van der Waals surface area contributed by atoms with Crippen LogP contribution < -0.4 is 5.32 Å². The molecule has 1 aliphatic heterocycles. The van der Waals surface area contributed by atoms with Crippen LogP contribution in [0.2, 0.25) is 0 Å². The molecule has 0 bridgehead atoms. The topological polar surface area (TPSA) is 71.3 Å². The maximum Gasteiger partial charge on any atom is 0.287 e. The molecule has 1 unspecified atom stereocenters. The van der Waals surface area contributed by atoms with Crippen molar-refractivity contribution < 1.29 is 9.21 Å². The molecule has 34 heavy (non-hydrogen) atoms. The fourth-order valence-corrected chi connectivity index (χ4v) is 5.28. The van der Waals surface area contributed by atoms with Gasteiger partial charge in [0.25, 0.3) is 5.91 Å². The van der Waals surface area contributed by atoms with Crippen LogP contribution in [-0.4, -0.2) is 47.0 Å². The van der Waals surface area contributed by atoms with Gasteiger partial charge in [-0.1, -0.05) is 60.3 Å². The third-order valence-electron chi connectivity index (χ3n) is 6.27. The monoisotopic (exact) mass is 472 g/mol. The summed E-state index contributed by atoms with van der Waals surface area (Å²) in [5, 5.41) is 4.78. The number of nitrogens with one attached hydrogen (secondary N) is 1. The molecule has 3 heterocycles. The second kappa shape index (κ2) is 10.8. The highest BCUT2D eigenvalue weighted by Gasteiger charge is 2.25. The summed E-state index contributed by atoms with van der Waals surface area (Å²) in [5.74, 6) is 1.27. The average Bonchev–Trinajstić information content (AvgIpc) is 3.50. The SMILES string of the molecule is O=C(NCC1CCN(CCc2ccccc2)C1)c1oc2ccccc2c1CSc1ncccn1. The Labute approximate surface area is 203 Å². The quantitative estimate of drug-likeness (QED) is 0.278. The minimum absolute atomic E-state index is 0.150. The van der Waals surface area contributed by atoms with E-state index in [2.05, 4.69) is 50.5 Å². The van der Waals surface area contributed by atoms with Crippen LogP contribution in [0.15, 0.2) is 82.6 Å². The van der Waals surface area contributed by atoms with Crippen LogP contribution in [-0.2, 0) is 12.2 Å². The summed E-state index contributed by atoms with van der Waals surface area (Å²) in [6.07, 6.45) is 5.61. The molecule has 0 radical (unpaired) electrons. The molecule has 2 aromatic heterocycles. The predicted octanol–water partition coefficient (Wildman–Crippen LogP) is 4.81. The summed E-state index contributed by atoms with van der Waals surface area (Å²) >= 11 is 1.50. The first-order valence-electron chi connectivity index (χ1n) is 11.7. The molecular formula is C27H28N4O2S. The summed E-state index contributed by atoms with van der Waals surface area (Å²) < 4.78 is 6.00. The van der Waals surface area contributed by atoms with E-state index in [9.17, 15) is 4.79 Å². The van der Waals surface area contributed by atoms with Gasteiger partial charge in [0.05, 0.1) is 0 Å². The van der Waals surface area contributed by atoms with Crippen LogP contribution >= 0.6 is 11.8 Å². The summed E-state index contributed by atoms with van der Waals surface area (Å²) in [6.45, 7) is 3.81. The largest absolute Gasteiger partial charge is 0.451 e. The third-order valence-corrected chi connectivity index (χ3v) is 7.18. The number of aromatic nitrogens is 2. The number of carbonyl (C=O) groups is 1.